The fourth-order valence-corrected chi connectivity index (χ4v) is 4.12. The Balaban J connectivity index is 1.38. The smallest absolute Gasteiger partial charge is 0.262 e. The van der Waals surface area contributed by atoms with Gasteiger partial charge in [0, 0.05) is 32.0 Å². The molecule has 4 rings (SSSR count). The number of fused-ring (bicyclic) bond motifs is 1. The lowest BCUT2D eigenvalue weighted by Crippen LogP contribution is -2.42. The van der Waals surface area contributed by atoms with Gasteiger partial charge < -0.3 is 19.4 Å². The van der Waals surface area contributed by atoms with Crippen LogP contribution in [0.2, 0.25) is 0 Å². The molecule has 2 aliphatic rings. The van der Waals surface area contributed by atoms with Gasteiger partial charge in [0.15, 0.2) is 11.1 Å². The topological polar surface area (TPSA) is 76.6 Å². The summed E-state index contributed by atoms with van der Waals surface area (Å²) in [5.74, 6) is 0.407. The Morgan fingerprint density at radius 1 is 1.19 bits per heavy atom. The molecule has 1 aromatic heterocycles. The van der Waals surface area contributed by atoms with Crippen molar-refractivity contribution >= 4 is 29.0 Å². The summed E-state index contributed by atoms with van der Waals surface area (Å²) >= 11 is 5.31. The van der Waals surface area contributed by atoms with Crippen LogP contribution in [-0.4, -0.2) is 53.0 Å². The van der Waals surface area contributed by atoms with Crippen molar-refractivity contribution in [3.8, 4) is 0 Å². The monoisotopic (exact) mass is 389 g/mol. The van der Waals surface area contributed by atoms with Crippen molar-refractivity contribution in [3.63, 3.8) is 0 Å². The molecule has 0 radical (unpaired) electrons. The van der Waals surface area contributed by atoms with Crippen molar-refractivity contribution < 1.29 is 14.3 Å². The van der Waals surface area contributed by atoms with E-state index in [2.05, 4.69) is 4.98 Å². The molecule has 0 aliphatic carbocycles. The Kier molecular flexibility index (Phi) is 5.38. The van der Waals surface area contributed by atoms with E-state index in [1.165, 1.54) is 4.57 Å². The highest BCUT2D eigenvalue weighted by atomic mass is 32.1. The number of ether oxygens (including phenoxy) is 2. The van der Waals surface area contributed by atoms with E-state index in [1.807, 2.05) is 23.1 Å². The van der Waals surface area contributed by atoms with Crippen LogP contribution in [0.15, 0.2) is 29.1 Å². The standard InChI is InChI=1S/C19H23N3O4S/c23-16(21-8-5-13(6-9-21)18-25-11-12-26-18)7-10-22-17(24)14-3-1-2-4-15(14)20-19(22)27/h1-4,13,18H,5-12H2,(H,20,27). The number of benzene rings is 1. The van der Waals surface area contributed by atoms with Crippen molar-refractivity contribution in [1.29, 1.82) is 0 Å². The highest BCUT2D eigenvalue weighted by molar-refractivity contribution is 7.71. The zero-order valence-corrected chi connectivity index (χ0v) is 15.9. The first-order chi connectivity index (χ1) is 13.1. The first-order valence-corrected chi connectivity index (χ1v) is 9.77. The van der Waals surface area contributed by atoms with Gasteiger partial charge in [-0.15, -0.1) is 0 Å². The molecule has 1 N–H and O–H groups in total. The van der Waals surface area contributed by atoms with Gasteiger partial charge in [0.2, 0.25) is 5.91 Å². The third-order valence-electron chi connectivity index (χ3n) is 5.36. The maximum absolute atomic E-state index is 12.7. The molecular formula is C19H23N3O4S. The second kappa shape index (κ2) is 7.92. The molecule has 0 saturated carbocycles. The van der Waals surface area contributed by atoms with Gasteiger partial charge in [-0.05, 0) is 37.2 Å². The second-order valence-corrected chi connectivity index (χ2v) is 7.40. The molecule has 7 nitrogen and oxygen atoms in total. The van der Waals surface area contributed by atoms with E-state index < -0.39 is 0 Å². The van der Waals surface area contributed by atoms with Crippen molar-refractivity contribution in [1.82, 2.24) is 14.5 Å². The van der Waals surface area contributed by atoms with E-state index in [0.717, 1.165) is 12.8 Å². The van der Waals surface area contributed by atoms with Crippen LogP contribution in [0, 0.1) is 10.7 Å². The van der Waals surface area contributed by atoms with E-state index in [0.29, 0.717) is 47.9 Å². The minimum absolute atomic E-state index is 0.0520. The van der Waals surface area contributed by atoms with Crippen LogP contribution in [-0.2, 0) is 20.8 Å². The Bertz CT molecular complexity index is 940. The third kappa shape index (κ3) is 3.83. The lowest BCUT2D eigenvalue weighted by atomic mass is 9.96. The van der Waals surface area contributed by atoms with E-state index >= 15 is 0 Å². The molecule has 2 fully saturated rings. The fraction of sp³-hybridized carbons (Fsp3) is 0.526. The van der Waals surface area contributed by atoms with Crippen LogP contribution in [0.3, 0.4) is 0 Å². The van der Waals surface area contributed by atoms with Gasteiger partial charge in [0.1, 0.15) is 0 Å². The van der Waals surface area contributed by atoms with Gasteiger partial charge in [-0.2, -0.15) is 0 Å². The predicted molar refractivity (Wildman–Crippen MR) is 103 cm³/mol. The number of para-hydroxylation sites is 1. The van der Waals surface area contributed by atoms with Crippen LogP contribution in [0.5, 0.6) is 0 Å². The van der Waals surface area contributed by atoms with Crippen LogP contribution in [0.1, 0.15) is 19.3 Å². The molecule has 144 valence electrons. The molecule has 1 amide bonds. The number of piperidine rings is 1. The van der Waals surface area contributed by atoms with Crippen molar-refractivity contribution in [3.05, 3.63) is 39.4 Å². The zero-order valence-electron chi connectivity index (χ0n) is 15.1. The third-order valence-corrected chi connectivity index (χ3v) is 5.69. The molecule has 0 unspecified atom stereocenters. The number of hydrogen-bond acceptors (Lipinski definition) is 5. The Morgan fingerprint density at radius 3 is 2.63 bits per heavy atom. The van der Waals surface area contributed by atoms with Crippen LogP contribution < -0.4 is 5.56 Å². The molecule has 2 saturated heterocycles. The lowest BCUT2D eigenvalue weighted by Gasteiger charge is -2.34. The van der Waals surface area contributed by atoms with Gasteiger partial charge in [-0.25, -0.2) is 0 Å². The summed E-state index contributed by atoms with van der Waals surface area (Å²) in [7, 11) is 0. The maximum Gasteiger partial charge on any atom is 0.262 e. The molecular weight excluding hydrogens is 366 g/mol. The number of aromatic nitrogens is 2. The maximum atomic E-state index is 12.7. The number of rotatable bonds is 4. The van der Waals surface area contributed by atoms with Crippen LogP contribution in [0.25, 0.3) is 10.9 Å². The minimum Gasteiger partial charge on any atom is -0.350 e. The number of carbonyl (C=O) groups excluding carboxylic acids is 1. The summed E-state index contributed by atoms with van der Waals surface area (Å²) in [6, 6.07) is 7.26. The average Bonchev–Trinajstić information content (AvgIpc) is 3.22. The predicted octanol–water partition coefficient (Wildman–Crippen LogP) is 2.06. The SMILES string of the molecule is O=C(CCn1c(=S)[nH]c2ccccc2c1=O)N1CCC(C2OCCO2)CC1. The fourth-order valence-electron chi connectivity index (χ4n) is 3.84. The molecule has 0 bridgehead atoms. The largest absolute Gasteiger partial charge is 0.350 e. The van der Waals surface area contributed by atoms with E-state index in [-0.39, 0.29) is 30.7 Å². The normalized spacial score (nSPS) is 19.0. The molecule has 2 aromatic rings. The van der Waals surface area contributed by atoms with Crippen molar-refractivity contribution in [2.24, 2.45) is 5.92 Å². The van der Waals surface area contributed by atoms with E-state index in [4.69, 9.17) is 21.7 Å². The van der Waals surface area contributed by atoms with E-state index in [9.17, 15) is 9.59 Å². The van der Waals surface area contributed by atoms with Crippen LogP contribution in [0.4, 0.5) is 0 Å². The molecule has 8 heteroatoms. The summed E-state index contributed by atoms with van der Waals surface area (Å²) < 4.78 is 13.0. The first kappa shape index (κ1) is 18.3. The number of carbonyl (C=O) groups is 1. The van der Waals surface area contributed by atoms with Gasteiger partial charge in [-0.1, -0.05) is 12.1 Å². The number of hydrogen-bond donors (Lipinski definition) is 1. The van der Waals surface area contributed by atoms with Gasteiger partial charge in [-0.3, -0.25) is 14.2 Å². The minimum atomic E-state index is -0.156. The summed E-state index contributed by atoms with van der Waals surface area (Å²) in [5.41, 5.74) is 0.560. The summed E-state index contributed by atoms with van der Waals surface area (Å²) in [6.45, 7) is 3.00. The number of nitrogens with zero attached hydrogens (tertiary/aromatic N) is 2. The zero-order chi connectivity index (χ0) is 18.8. The Morgan fingerprint density at radius 2 is 1.89 bits per heavy atom. The first-order valence-electron chi connectivity index (χ1n) is 9.36. The van der Waals surface area contributed by atoms with Gasteiger partial charge >= 0.3 is 0 Å². The summed E-state index contributed by atoms with van der Waals surface area (Å²) in [4.78, 5) is 30.2. The summed E-state index contributed by atoms with van der Waals surface area (Å²) in [6.07, 6.45) is 1.91. The molecule has 27 heavy (non-hydrogen) atoms. The molecule has 3 heterocycles. The molecule has 0 spiro atoms. The lowest BCUT2D eigenvalue weighted by molar-refractivity contribution is -0.137. The number of aromatic amines is 1. The number of amides is 1. The highest BCUT2D eigenvalue weighted by Gasteiger charge is 2.31. The Labute approximate surface area is 161 Å². The Hall–Kier alpha value is -2.03. The number of H-pyrrole nitrogens is 1. The second-order valence-electron chi connectivity index (χ2n) is 7.01. The molecule has 2 aliphatic heterocycles. The van der Waals surface area contributed by atoms with Gasteiger partial charge in [0.25, 0.3) is 5.56 Å². The highest BCUT2D eigenvalue weighted by Crippen LogP contribution is 2.26. The summed E-state index contributed by atoms with van der Waals surface area (Å²) in [5, 5.41) is 0.580. The quantitative estimate of drug-likeness (QED) is 0.810. The van der Waals surface area contributed by atoms with Crippen molar-refractivity contribution in [2.45, 2.75) is 32.1 Å². The van der Waals surface area contributed by atoms with Gasteiger partial charge in [0.05, 0.1) is 24.1 Å². The number of nitrogens with one attached hydrogen (secondary N) is 1. The number of likely N-dealkylation sites (tertiary alicyclic amines) is 1. The van der Waals surface area contributed by atoms with E-state index in [1.54, 1.807) is 6.07 Å². The average molecular weight is 389 g/mol. The van der Waals surface area contributed by atoms with Crippen molar-refractivity contribution in [2.75, 3.05) is 26.3 Å². The molecule has 0 atom stereocenters. The molecule has 1 aromatic carbocycles. The van der Waals surface area contributed by atoms with Crippen LogP contribution >= 0.6 is 12.2 Å².